The van der Waals surface area contributed by atoms with Crippen molar-refractivity contribution in [3.63, 3.8) is 0 Å². The van der Waals surface area contributed by atoms with E-state index < -0.39 is 35.3 Å². The second kappa shape index (κ2) is 9.46. The second-order valence-electron chi connectivity index (χ2n) is 7.21. The highest BCUT2D eigenvalue weighted by molar-refractivity contribution is 5.87. The third-order valence-corrected chi connectivity index (χ3v) is 4.89. The van der Waals surface area contributed by atoms with Gasteiger partial charge in [0.25, 0.3) is 0 Å². The van der Waals surface area contributed by atoms with Crippen LogP contribution in [0.3, 0.4) is 0 Å². The van der Waals surface area contributed by atoms with Gasteiger partial charge in [-0.3, -0.25) is 4.79 Å². The number of carbonyl (C=O) groups is 1. The molecular formula is C24H19F6NO. The molecule has 0 heterocycles. The average Bonchev–Trinajstić information content (AvgIpc) is 2.74. The summed E-state index contributed by atoms with van der Waals surface area (Å²) in [7, 11) is 0. The van der Waals surface area contributed by atoms with Crippen LogP contribution in [0.4, 0.5) is 26.3 Å². The van der Waals surface area contributed by atoms with Gasteiger partial charge in [0.1, 0.15) is 0 Å². The first-order valence-corrected chi connectivity index (χ1v) is 9.71. The van der Waals surface area contributed by atoms with Gasteiger partial charge in [0.15, 0.2) is 0 Å². The second-order valence-corrected chi connectivity index (χ2v) is 7.21. The zero-order chi connectivity index (χ0) is 23.4. The van der Waals surface area contributed by atoms with Crippen molar-refractivity contribution in [1.29, 1.82) is 0 Å². The van der Waals surface area contributed by atoms with Crippen LogP contribution in [0.2, 0.25) is 0 Å². The molecule has 168 valence electrons. The van der Waals surface area contributed by atoms with Gasteiger partial charge in [-0.25, -0.2) is 0 Å². The zero-order valence-electron chi connectivity index (χ0n) is 16.7. The molecule has 32 heavy (non-hydrogen) atoms. The van der Waals surface area contributed by atoms with Crippen LogP contribution < -0.4 is 5.32 Å². The van der Waals surface area contributed by atoms with Gasteiger partial charge in [0.2, 0.25) is 5.91 Å². The Hall–Kier alpha value is -3.29. The maximum Gasteiger partial charge on any atom is 0.416 e. The molecule has 0 bridgehead atoms. The molecule has 3 rings (SSSR count). The molecule has 8 heteroatoms. The van der Waals surface area contributed by atoms with E-state index in [9.17, 15) is 31.1 Å². The summed E-state index contributed by atoms with van der Waals surface area (Å²) in [6.07, 6.45) is -10.0. The fourth-order valence-electron chi connectivity index (χ4n) is 3.38. The lowest BCUT2D eigenvalue weighted by atomic mass is 9.90. The van der Waals surface area contributed by atoms with Crippen LogP contribution in [-0.2, 0) is 23.6 Å². The number of alkyl halides is 6. The lowest BCUT2D eigenvalue weighted by Crippen LogP contribution is -2.31. The highest BCUT2D eigenvalue weighted by Crippen LogP contribution is 2.36. The molecular weight excluding hydrogens is 432 g/mol. The van der Waals surface area contributed by atoms with E-state index in [4.69, 9.17) is 0 Å². The first-order valence-electron chi connectivity index (χ1n) is 9.71. The molecule has 0 saturated carbocycles. The molecule has 0 aromatic heterocycles. The van der Waals surface area contributed by atoms with Crippen LogP contribution in [-0.4, -0.2) is 12.5 Å². The standard InChI is InChI=1S/C24H19F6NO/c25-23(26,27)19-13-16(14-20(15-19)24(28,29)30)11-12-31-22(32)21(17-7-3-1-4-8-17)18-9-5-2-6-10-18/h1-10,13-15,21H,11-12H2,(H,31,32). The summed E-state index contributed by atoms with van der Waals surface area (Å²) in [6.45, 7) is -0.117. The summed E-state index contributed by atoms with van der Waals surface area (Å²) in [4.78, 5) is 12.9. The lowest BCUT2D eigenvalue weighted by Gasteiger charge is -2.18. The SMILES string of the molecule is O=C(NCCc1cc(C(F)(F)F)cc(C(F)(F)F)c1)C(c1ccccc1)c1ccccc1. The van der Waals surface area contributed by atoms with Crippen LogP contribution >= 0.6 is 0 Å². The fourth-order valence-corrected chi connectivity index (χ4v) is 3.38. The summed E-state index contributed by atoms with van der Waals surface area (Å²) in [5, 5.41) is 2.64. The predicted octanol–water partition coefficient (Wildman–Crippen LogP) is 6.22. The van der Waals surface area contributed by atoms with Crippen LogP contribution in [0.5, 0.6) is 0 Å². The summed E-state index contributed by atoms with van der Waals surface area (Å²) >= 11 is 0. The van der Waals surface area contributed by atoms with Crippen molar-refractivity contribution in [1.82, 2.24) is 5.32 Å². The van der Waals surface area contributed by atoms with Crippen LogP contribution in [0.15, 0.2) is 78.9 Å². The average molecular weight is 451 g/mol. The van der Waals surface area contributed by atoms with Gasteiger partial charge in [-0.05, 0) is 41.3 Å². The number of carbonyl (C=O) groups excluding carboxylic acids is 1. The molecule has 2 nitrogen and oxygen atoms in total. The smallest absolute Gasteiger partial charge is 0.355 e. The molecule has 0 aliphatic rings. The molecule has 3 aromatic rings. The topological polar surface area (TPSA) is 29.1 Å². The Morgan fingerprint density at radius 2 is 1.16 bits per heavy atom. The lowest BCUT2D eigenvalue weighted by molar-refractivity contribution is -0.143. The molecule has 0 radical (unpaired) electrons. The van der Waals surface area contributed by atoms with Crippen molar-refractivity contribution < 1.29 is 31.1 Å². The maximum absolute atomic E-state index is 13.0. The number of rotatable bonds is 6. The van der Waals surface area contributed by atoms with Crippen molar-refractivity contribution >= 4 is 5.91 Å². The van der Waals surface area contributed by atoms with Crippen LogP contribution in [0.1, 0.15) is 33.7 Å². The maximum atomic E-state index is 13.0. The Bertz CT molecular complexity index is 974. The highest BCUT2D eigenvalue weighted by Gasteiger charge is 2.36. The Labute approximate surface area is 180 Å². The molecule has 3 aromatic carbocycles. The summed E-state index contributed by atoms with van der Waals surface area (Å²) < 4.78 is 78.2. The van der Waals surface area contributed by atoms with Crippen molar-refractivity contribution in [3.8, 4) is 0 Å². The van der Waals surface area contributed by atoms with Gasteiger partial charge >= 0.3 is 12.4 Å². The molecule has 0 aliphatic heterocycles. The van der Waals surface area contributed by atoms with E-state index in [0.717, 1.165) is 11.1 Å². The van der Waals surface area contributed by atoms with Gasteiger partial charge in [-0.15, -0.1) is 0 Å². The minimum absolute atomic E-state index is 0.0862. The van der Waals surface area contributed by atoms with E-state index in [1.54, 1.807) is 60.7 Å². The molecule has 1 amide bonds. The Kier molecular flexibility index (Phi) is 6.91. The van der Waals surface area contributed by atoms with Crippen LogP contribution in [0.25, 0.3) is 0 Å². The van der Waals surface area contributed by atoms with Crippen molar-refractivity contribution in [2.75, 3.05) is 6.54 Å². The van der Waals surface area contributed by atoms with Crippen molar-refractivity contribution in [3.05, 3.63) is 107 Å². The number of hydrogen-bond donors (Lipinski definition) is 1. The Morgan fingerprint density at radius 3 is 1.56 bits per heavy atom. The van der Waals surface area contributed by atoms with Gasteiger partial charge in [-0.1, -0.05) is 60.7 Å². The Morgan fingerprint density at radius 1 is 0.719 bits per heavy atom. The quantitative estimate of drug-likeness (QED) is 0.444. The first kappa shape index (κ1) is 23.4. The van der Waals surface area contributed by atoms with Gasteiger partial charge < -0.3 is 5.32 Å². The summed E-state index contributed by atoms with van der Waals surface area (Å²) in [5.74, 6) is -1.06. The van der Waals surface area contributed by atoms with E-state index in [1.807, 2.05) is 0 Å². The summed E-state index contributed by atoms with van der Waals surface area (Å²) in [5.41, 5.74) is -1.48. The van der Waals surface area contributed by atoms with E-state index in [2.05, 4.69) is 5.32 Å². The molecule has 0 unspecified atom stereocenters. The monoisotopic (exact) mass is 451 g/mol. The fraction of sp³-hybridized carbons (Fsp3) is 0.208. The number of nitrogens with one attached hydrogen (secondary N) is 1. The third-order valence-electron chi connectivity index (χ3n) is 4.89. The van der Waals surface area contributed by atoms with Crippen molar-refractivity contribution in [2.45, 2.75) is 24.7 Å². The molecule has 0 aliphatic carbocycles. The van der Waals surface area contributed by atoms with E-state index in [-0.39, 0.29) is 24.6 Å². The van der Waals surface area contributed by atoms with Crippen molar-refractivity contribution in [2.24, 2.45) is 0 Å². The molecule has 0 fully saturated rings. The van der Waals surface area contributed by atoms with Gasteiger partial charge in [-0.2, -0.15) is 26.3 Å². The minimum atomic E-state index is -4.91. The predicted molar refractivity (Wildman–Crippen MR) is 108 cm³/mol. The molecule has 0 atom stereocenters. The van der Waals surface area contributed by atoms with Gasteiger partial charge in [0.05, 0.1) is 17.0 Å². The summed E-state index contributed by atoms with van der Waals surface area (Å²) in [6, 6.07) is 19.3. The zero-order valence-corrected chi connectivity index (χ0v) is 16.7. The normalized spacial score (nSPS) is 12.1. The number of benzene rings is 3. The van der Waals surface area contributed by atoms with Gasteiger partial charge in [0, 0.05) is 6.54 Å². The molecule has 0 spiro atoms. The number of halogens is 6. The first-order chi connectivity index (χ1) is 15.1. The number of hydrogen-bond acceptors (Lipinski definition) is 1. The van der Waals surface area contributed by atoms with E-state index >= 15 is 0 Å². The Balaban J connectivity index is 1.78. The molecule has 1 N–H and O–H groups in total. The largest absolute Gasteiger partial charge is 0.416 e. The molecule has 0 saturated heterocycles. The van der Waals surface area contributed by atoms with Crippen LogP contribution in [0, 0.1) is 0 Å². The van der Waals surface area contributed by atoms with E-state index in [1.165, 1.54) is 0 Å². The number of amides is 1. The minimum Gasteiger partial charge on any atom is -0.355 e. The van der Waals surface area contributed by atoms with E-state index in [0.29, 0.717) is 12.1 Å². The third kappa shape index (κ3) is 5.90. The highest BCUT2D eigenvalue weighted by atomic mass is 19.4.